The average molecular weight is 525 g/mol. The summed E-state index contributed by atoms with van der Waals surface area (Å²) >= 11 is 0. The van der Waals surface area contributed by atoms with Crippen LogP contribution in [-0.2, 0) is 9.16 Å². The summed E-state index contributed by atoms with van der Waals surface area (Å²) in [6.45, 7) is 12.6. The summed E-state index contributed by atoms with van der Waals surface area (Å²) in [5.41, 5.74) is -2.22. The van der Waals surface area contributed by atoms with Crippen molar-refractivity contribution in [1.82, 2.24) is 9.55 Å². The lowest BCUT2D eigenvalue weighted by Crippen LogP contribution is -2.68. The van der Waals surface area contributed by atoms with E-state index in [1.165, 1.54) is 12.3 Å². The van der Waals surface area contributed by atoms with Crippen LogP contribution < -0.4 is 21.6 Å². The van der Waals surface area contributed by atoms with Crippen molar-refractivity contribution in [2.75, 3.05) is 6.61 Å². The lowest BCUT2D eigenvalue weighted by atomic mass is 9.79. The predicted octanol–water partition coefficient (Wildman–Crippen LogP) is 4.01. The smallest absolute Gasteiger partial charge is 0.330 e. The number of ether oxygens (including phenoxy) is 1. The quantitative estimate of drug-likeness (QED) is 0.474. The number of halogens is 1. The van der Waals surface area contributed by atoms with Crippen molar-refractivity contribution in [3.05, 3.63) is 93.8 Å². The van der Waals surface area contributed by atoms with E-state index in [4.69, 9.17) is 9.16 Å². The first-order valence-corrected chi connectivity index (χ1v) is 14.7. The van der Waals surface area contributed by atoms with Gasteiger partial charge in [-0.1, -0.05) is 102 Å². The van der Waals surface area contributed by atoms with E-state index in [-0.39, 0.29) is 17.6 Å². The number of benzene rings is 2. The molecule has 4 atom stereocenters. The highest BCUT2D eigenvalue weighted by molar-refractivity contribution is 6.99. The molecule has 3 aromatic rings. The second kappa shape index (κ2) is 10.2. The summed E-state index contributed by atoms with van der Waals surface area (Å²) in [7, 11) is -2.90. The predicted molar refractivity (Wildman–Crippen MR) is 147 cm³/mol. The molecular formula is C29H37FN2O4Si. The first-order chi connectivity index (χ1) is 17.4. The zero-order chi connectivity index (χ0) is 27.0. The van der Waals surface area contributed by atoms with Crippen LogP contribution in [0.1, 0.15) is 47.8 Å². The molecule has 6 nitrogen and oxygen atoms in total. The molecule has 0 amide bonds. The van der Waals surface area contributed by atoms with Gasteiger partial charge in [0.05, 0.1) is 6.61 Å². The second-order valence-corrected chi connectivity index (χ2v) is 15.6. The van der Waals surface area contributed by atoms with E-state index in [0.29, 0.717) is 0 Å². The number of hydrogen-bond donors (Lipinski definition) is 1. The van der Waals surface area contributed by atoms with Crippen molar-refractivity contribution in [3.8, 4) is 0 Å². The number of H-pyrrole nitrogens is 1. The van der Waals surface area contributed by atoms with Crippen LogP contribution in [0.25, 0.3) is 0 Å². The maximum absolute atomic E-state index is 15.9. The van der Waals surface area contributed by atoms with Crippen LogP contribution in [0.4, 0.5) is 4.39 Å². The van der Waals surface area contributed by atoms with Crippen LogP contribution in [-0.4, -0.2) is 36.2 Å². The van der Waals surface area contributed by atoms with E-state index < -0.39 is 43.5 Å². The monoisotopic (exact) mass is 524 g/mol. The Bertz CT molecular complexity index is 1280. The molecular weight excluding hydrogens is 487 g/mol. The number of hydrogen-bond acceptors (Lipinski definition) is 4. The normalized spacial score (nSPS) is 24.5. The fourth-order valence-electron chi connectivity index (χ4n) is 5.73. The van der Waals surface area contributed by atoms with Gasteiger partial charge in [-0.05, 0) is 21.3 Å². The summed E-state index contributed by atoms with van der Waals surface area (Å²) in [6.07, 6.45) is -1.33. The Morgan fingerprint density at radius 3 is 2.03 bits per heavy atom. The molecule has 2 aromatic carbocycles. The molecule has 0 unspecified atom stereocenters. The van der Waals surface area contributed by atoms with E-state index in [2.05, 4.69) is 50.0 Å². The third-order valence-electron chi connectivity index (χ3n) is 7.89. The fraction of sp³-hybridized carbons (Fsp3) is 0.448. The Hall–Kier alpha value is -2.81. The van der Waals surface area contributed by atoms with E-state index in [1.807, 2.05) is 57.2 Å². The highest BCUT2D eigenvalue weighted by Crippen LogP contribution is 2.48. The third kappa shape index (κ3) is 4.66. The van der Waals surface area contributed by atoms with E-state index >= 15 is 4.39 Å². The highest BCUT2D eigenvalue weighted by Gasteiger charge is 2.58. The van der Waals surface area contributed by atoms with Gasteiger partial charge in [0, 0.05) is 18.2 Å². The molecule has 1 saturated heterocycles. The molecule has 37 heavy (non-hydrogen) atoms. The topological polar surface area (TPSA) is 73.3 Å². The first kappa shape index (κ1) is 27.2. The molecule has 0 radical (unpaired) electrons. The number of aromatic nitrogens is 2. The molecule has 4 rings (SSSR count). The molecule has 2 heterocycles. The van der Waals surface area contributed by atoms with Crippen molar-refractivity contribution in [2.24, 2.45) is 11.8 Å². The van der Waals surface area contributed by atoms with Crippen LogP contribution in [0.5, 0.6) is 0 Å². The van der Waals surface area contributed by atoms with E-state index in [9.17, 15) is 9.59 Å². The van der Waals surface area contributed by atoms with Gasteiger partial charge in [-0.2, -0.15) is 0 Å². The maximum atomic E-state index is 15.9. The van der Waals surface area contributed by atoms with Crippen LogP contribution in [0.3, 0.4) is 0 Å². The van der Waals surface area contributed by atoms with Crippen molar-refractivity contribution >= 4 is 18.7 Å². The Labute approximate surface area is 218 Å². The third-order valence-corrected chi connectivity index (χ3v) is 12.9. The standard InChI is InChI=1S/C29H37FN2O4Si/c1-20(2)29(21(3)25(30)26(36-29)32-18-17-24(33)31-27(32)34)19-35-37(28(4,5)6,22-13-9-7-10-14-22)23-15-11-8-12-16-23/h7-18,20-21,25-26H,19H2,1-6H3,(H,31,33,34)/t21-,25+,26+,29-/m0/s1. The van der Waals surface area contributed by atoms with Gasteiger partial charge in [0.15, 0.2) is 12.4 Å². The molecule has 0 bridgehead atoms. The first-order valence-electron chi connectivity index (χ1n) is 12.8. The molecule has 0 aliphatic carbocycles. The van der Waals surface area contributed by atoms with Gasteiger partial charge < -0.3 is 9.16 Å². The summed E-state index contributed by atoms with van der Waals surface area (Å²) < 4.78 is 30.7. The van der Waals surface area contributed by atoms with Gasteiger partial charge in [-0.3, -0.25) is 14.3 Å². The summed E-state index contributed by atoms with van der Waals surface area (Å²) in [4.78, 5) is 26.3. The van der Waals surface area contributed by atoms with Gasteiger partial charge in [0.2, 0.25) is 0 Å². The molecule has 198 valence electrons. The highest BCUT2D eigenvalue weighted by atomic mass is 28.4. The van der Waals surface area contributed by atoms with Gasteiger partial charge in [0.25, 0.3) is 13.9 Å². The fourth-order valence-corrected chi connectivity index (χ4v) is 10.3. The number of alkyl halides is 1. The van der Waals surface area contributed by atoms with E-state index in [1.54, 1.807) is 0 Å². The minimum atomic E-state index is -2.90. The van der Waals surface area contributed by atoms with Crippen molar-refractivity contribution < 1.29 is 13.6 Å². The molecule has 0 saturated carbocycles. The molecule has 1 aliphatic heterocycles. The Morgan fingerprint density at radius 1 is 1.03 bits per heavy atom. The number of nitrogens with zero attached hydrogens (tertiary/aromatic N) is 1. The second-order valence-electron chi connectivity index (χ2n) is 11.3. The lowest BCUT2D eigenvalue weighted by Gasteiger charge is -2.46. The van der Waals surface area contributed by atoms with E-state index in [0.717, 1.165) is 14.9 Å². The van der Waals surface area contributed by atoms with Crippen LogP contribution in [0, 0.1) is 11.8 Å². The minimum Gasteiger partial charge on any atom is -0.404 e. The molecule has 1 aromatic heterocycles. The number of aromatic amines is 1. The van der Waals surface area contributed by atoms with Crippen molar-refractivity contribution in [3.63, 3.8) is 0 Å². The summed E-state index contributed by atoms with van der Waals surface area (Å²) in [5.74, 6) is -0.669. The largest absolute Gasteiger partial charge is 0.404 e. The van der Waals surface area contributed by atoms with Gasteiger partial charge >= 0.3 is 5.69 Å². The summed E-state index contributed by atoms with van der Waals surface area (Å²) in [5, 5.41) is 2.01. The zero-order valence-corrected chi connectivity index (χ0v) is 23.4. The maximum Gasteiger partial charge on any atom is 0.330 e. The van der Waals surface area contributed by atoms with Crippen LogP contribution >= 0.6 is 0 Å². The van der Waals surface area contributed by atoms with Crippen LogP contribution in [0.15, 0.2) is 82.5 Å². The Balaban J connectivity index is 1.81. The number of rotatable bonds is 7. The number of nitrogens with one attached hydrogen (secondary N) is 1. The molecule has 1 N–H and O–H groups in total. The minimum absolute atomic E-state index is 0.109. The van der Waals surface area contributed by atoms with Gasteiger partial charge in [-0.25, -0.2) is 9.18 Å². The molecule has 1 fully saturated rings. The van der Waals surface area contributed by atoms with Crippen LogP contribution in [0.2, 0.25) is 5.04 Å². The van der Waals surface area contributed by atoms with Gasteiger partial charge in [-0.15, -0.1) is 0 Å². The molecule has 1 aliphatic rings. The average Bonchev–Trinajstić information content (AvgIpc) is 3.11. The SMILES string of the molecule is CC(C)[C@]1(CO[Si](c2ccccc2)(c2ccccc2)C(C)(C)C)O[C@@H](n2ccc(=O)[nH]c2=O)[C@H](F)[C@@H]1C. The zero-order valence-electron chi connectivity index (χ0n) is 22.4. The van der Waals surface area contributed by atoms with Crippen molar-refractivity contribution in [2.45, 2.75) is 64.6 Å². The summed E-state index contributed by atoms with van der Waals surface area (Å²) in [6, 6.07) is 21.8. The van der Waals surface area contributed by atoms with Crippen molar-refractivity contribution in [1.29, 1.82) is 0 Å². The van der Waals surface area contributed by atoms with Gasteiger partial charge in [0.1, 0.15) is 5.60 Å². The molecule has 8 heteroatoms. The Kier molecular flexibility index (Phi) is 7.47. The lowest BCUT2D eigenvalue weighted by molar-refractivity contribution is -0.135. The Morgan fingerprint density at radius 2 is 1.57 bits per heavy atom. The molecule has 0 spiro atoms.